The quantitative estimate of drug-likeness (QED) is 0.577. The van der Waals surface area contributed by atoms with Crippen molar-refractivity contribution < 1.29 is 9.90 Å². The molecule has 1 N–H and O–H groups in total. The van der Waals surface area contributed by atoms with E-state index in [0.717, 1.165) is 18.4 Å². The van der Waals surface area contributed by atoms with Crippen molar-refractivity contribution in [3.05, 3.63) is 112 Å². The summed E-state index contributed by atoms with van der Waals surface area (Å²) in [5.41, 5.74) is 7.75. The summed E-state index contributed by atoms with van der Waals surface area (Å²) < 4.78 is 0. The normalized spacial score (nSPS) is 18.8. The van der Waals surface area contributed by atoms with Crippen molar-refractivity contribution in [3.63, 3.8) is 0 Å². The Morgan fingerprint density at radius 1 is 0.964 bits per heavy atom. The summed E-state index contributed by atoms with van der Waals surface area (Å²) >= 11 is 0. The standard InChI is InChI=1S/C26H24O2/c1-18-7-14-24-22(17-18)13-15-23(20-5-3-2-4-6-20)26(24)21-11-8-19(9-12-21)10-16-25(27)28/h2-12,14,16-17,23,26H,13,15H2,1H3,(H,27,28)/b16-10+. The fourth-order valence-electron chi connectivity index (χ4n) is 4.40. The van der Waals surface area contributed by atoms with E-state index in [1.807, 2.05) is 12.1 Å². The fourth-order valence-corrected chi connectivity index (χ4v) is 4.40. The summed E-state index contributed by atoms with van der Waals surface area (Å²) in [5.74, 6) is -0.175. The van der Waals surface area contributed by atoms with E-state index in [1.165, 1.54) is 33.9 Å². The molecule has 0 fully saturated rings. The number of hydrogen-bond donors (Lipinski definition) is 1. The molecule has 2 nitrogen and oxygen atoms in total. The van der Waals surface area contributed by atoms with Crippen LogP contribution in [0.1, 0.15) is 51.6 Å². The van der Waals surface area contributed by atoms with Gasteiger partial charge in [0, 0.05) is 12.0 Å². The van der Waals surface area contributed by atoms with Gasteiger partial charge in [-0.3, -0.25) is 0 Å². The van der Waals surface area contributed by atoms with E-state index in [9.17, 15) is 4.79 Å². The lowest BCUT2D eigenvalue weighted by Crippen LogP contribution is -2.20. The number of rotatable bonds is 4. The van der Waals surface area contributed by atoms with Gasteiger partial charge in [0.2, 0.25) is 0 Å². The first kappa shape index (κ1) is 18.2. The van der Waals surface area contributed by atoms with Gasteiger partial charge in [-0.15, -0.1) is 0 Å². The SMILES string of the molecule is Cc1ccc2c(c1)CCC(c1ccccc1)C2c1ccc(/C=C/C(=O)O)cc1. The Bertz CT molecular complexity index is 1000. The van der Waals surface area contributed by atoms with Crippen molar-refractivity contribution >= 4 is 12.0 Å². The molecule has 1 aliphatic rings. The molecule has 0 amide bonds. The van der Waals surface area contributed by atoms with Crippen LogP contribution in [0.4, 0.5) is 0 Å². The first-order chi connectivity index (χ1) is 13.6. The zero-order valence-corrected chi connectivity index (χ0v) is 16.0. The molecule has 2 atom stereocenters. The second kappa shape index (κ2) is 7.85. The third-order valence-corrected chi connectivity index (χ3v) is 5.70. The van der Waals surface area contributed by atoms with Crippen LogP contribution >= 0.6 is 0 Å². The number of hydrogen-bond acceptors (Lipinski definition) is 1. The van der Waals surface area contributed by atoms with Crippen LogP contribution in [0.2, 0.25) is 0 Å². The topological polar surface area (TPSA) is 37.3 Å². The van der Waals surface area contributed by atoms with Crippen molar-refractivity contribution in [1.29, 1.82) is 0 Å². The summed E-state index contributed by atoms with van der Waals surface area (Å²) in [4.78, 5) is 10.8. The minimum Gasteiger partial charge on any atom is -0.478 e. The smallest absolute Gasteiger partial charge is 0.328 e. The average molecular weight is 368 g/mol. The molecular formula is C26H24O2. The molecule has 0 bridgehead atoms. The van der Waals surface area contributed by atoms with Gasteiger partial charge in [0.15, 0.2) is 0 Å². The molecule has 4 rings (SSSR count). The zero-order chi connectivity index (χ0) is 19.5. The zero-order valence-electron chi connectivity index (χ0n) is 16.0. The highest BCUT2D eigenvalue weighted by molar-refractivity contribution is 5.85. The van der Waals surface area contributed by atoms with Crippen LogP contribution in [-0.2, 0) is 11.2 Å². The van der Waals surface area contributed by atoms with Crippen molar-refractivity contribution in [2.45, 2.75) is 31.6 Å². The Morgan fingerprint density at radius 3 is 2.43 bits per heavy atom. The molecule has 2 unspecified atom stereocenters. The summed E-state index contributed by atoms with van der Waals surface area (Å²) in [6.45, 7) is 2.15. The van der Waals surface area contributed by atoms with Crippen LogP contribution in [0.15, 0.2) is 78.9 Å². The molecule has 0 aliphatic heterocycles. The number of benzene rings is 3. The van der Waals surface area contributed by atoms with E-state index in [-0.39, 0.29) is 0 Å². The number of carbonyl (C=O) groups is 1. The van der Waals surface area contributed by atoms with Crippen molar-refractivity contribution in [1.82, 2.24) is 0 Å². The Labute approximate surface area is 166 Å². The highest BCUT2D eigenvalue weighted by atomic mass is 16.4. The molecule has 140 valence electrons. The van der Waals surface area contributed by atoms with Crippen LogP contribution in [-0.4, -0.2) is 11.1 Å². The number of carboxylic acid groups (broad SMARTS) is 1. The third kappa shape index (κ3) is 3.77. The summed E-state index contributed by atoms with van der Waals surface area (Å²) in [6, 6.07) is 25.9. The predicted molar refractivity (Wildman–Crippen MR) is 114 cm³/mol. The van der Waals surface area contributed by atoms with Gasteiger partial charge in [-0.25, -0.2) is 4.79 Å². The summed E-state index contributed by atoms with van der Waals surface area (Å²) in [5, 5.41) is 8.84. The van der Waals surface area contributed by atoms with Crippen LogP contribution < -0.4 is 0 Å². The van der Waals surface area contributed by atoms with E-state index in [2.05, 4.69) is 67.6 Å². The molecule has 0 spiro atoms. The number of aliphatic carboxylic acids is 1. The van der Waals surface area contributed by atoms with Crippen LogP contribution in [0.25, 0.3) is 6.08 Å². The maximum Gasteiger partial charge on any atom is 0.328 e. The lowest BCUT2D eigenvalue weighted by atomic mass is 9.69. The average Bonchev–Trinajstić information content (AvgIpc) is 2.72. The maximum absolute atomic E-state index is 10.8. The van der Waals surface area contributed by atoms with Gasteiger partial charge in [0.05, 0.1) is 0 Å². The van der Waals surface area contributed by atoms with Gasteiger partial charge in [0.1, 0.15) is 0 Å². The fraction of sp³-hybridized carbons (Fsp3) is 0.192. The maximum atomic E-state index is 10.8. The molecular weight excluding hydrogens is 344 g/mol. The molecule has 28 heavy (non-hydrogen) atoms. The van der Waals surface area contributed by atoms with Crippen LogP contribution in [0.5, 0.6) is 0 Å². The van der Waals surface area contributed by atoms with Gasteiger partial charge in [0.25, 0.3) is 0 Å². The van der Waals surface area contributed by atoms with E-state index >= 15 is 0 Å². The monoisotopic (exact) mass is 368 g/mol. The van der Waals surface area contributed by atoms with Crippen LogP contribution in [0, 0.1) is 6.92 Å². The molecule has 0 saturated carbocycles. The Balaban J connectivity index is 1.76. The predicted octanol–water partition coefficient (Wildman–Crippen LogP) is 5.95. The lowest BCUT2D eigenvalue weighted by molar-refractivity contribution is -0.131. The molecule has 3 aromatic rings. The van der Waals surface area contributed by atoms with Crippen molar-refractivity contribution in [2.24, 2.45) is 0 Å². The number of aryl methyl sites for hydroxylation is 2. The Morgan fingerprint density at radius 2 is 1.71 bits per heavy atom. The van der Waals surface area contributed by atoms with Gasteiger partial charge in [-0.05, 0) is 59.6 Å². The third-order valence-electron chi connectivity index (χ3n) is 5.70. The highest BCUT2D eigenvalue weighted by Crippen LogP contribution is 2.46. The van der Waals surface area contributed by atoms with E-state index in [1.54, 1.807) is 6.08 Å². The minimum absolute atomic E-state index is 0.309. The van der Waals surface area contributed by atoms with Crippen molar-refractivity contribution in [3.8, 4) is 0 Å². The second-order valence-electron chi connectivity index (χ2n) is 7.57. The molecule has 0 radical (unpaired) electrons. The van der Waals surface area contributed by atoms with E-state index in [4.69, 9.17) is 5.11 Å². The largest absolute Gasteiger partial charge is 0.478 e. The summed E-state index contributed by atoms with van der Waals surface area (Å²) in [7, 11) is 0. The van der Waals surface area contributed by atoms with Gasteiger partial charge >= 0.3 is 5.97 Å². The molecule has 0 aromatic heterocycles. The molecule has 0 heterocycles. The van der Waals surface area contributed by atoms with Gasteiger partial charge in [-0.1, -0.05) is 78.4 Å². The molecule has 3 aromatic carbocycles. The Hall–Kier alpha value is -3.13. The lowest BCUT2D eigenvalue weighted by Gasteiger charge is -2.35. The number of carboxylic acids is 1. The van der Waals surface area contributed by atoms with Crippen LogP contribution in [0.3, 0.4) is 0 Å². The van der Waals surface area contributed by atoms with Crippen molar-refractivity contribution in [2.75, 3.05) is 0 Å². The van der Waals surface area contributed by atoms with Gasteiger partial charge in [-0.2, -0.15) is 0 Å². The highest BCUT2D eigenvalue weighted by Gasteiger charge is 2.31. The second-order valence-corrected chi connectivity index (χ2v) is 7.57. The first-order valence-corrected chi connectivity index (χ1v) is 9.77. The summed E-state index contributed by atoms with van der Waals surface area (Å²) in [6.07, 6.45) is 5.05. The van der Waals surface area contributed by atoms with E-state index < -0.39 is 5.97 Å². The molecule has 2 heteroatoms. The minimum atomic E-state index is -0.926. The molecule has 1 aliphatic carbocycles. The van der Waals surface area contributed by atoms with Gasteiger partial charge < -0.3 is 5.11 Å². The number of fused-ring (bicyclic) bond motifs is 1. The van der Waals surface area contributed by atoms with E-state index in [0.29, 0.717) is 11.8 Å². The molecule has 0 saturated heterocycles. The Kier molecular flexibility index (Phi) is 5.12. The first-order valence-electron chi connectivity index (χ1n) is 9.77.